The summed E-state index contributed by atoms with van der Waals surface area (Å²) in [6, 6.07) is 0. The van der Waals surface area contributed by atoms with Crippen LogP contribution < -0.4 is 0 Å². The van der Waals surface area contributed by atoms with Gasteiger partial charge in [0.05, 0.1) is 7.11 Å². The van der Waals surface area contributed by atoms with Gasteiger partial charge in [-0.1, -0.05) is 12.5 Å². The fraction of sp³-hybridized carbons (Fsp3) is 0.812. The summed E-state index contributed by atoms with van der Waals surface area (Å²) in [7, 11) is 1.45. The average Bonchev–Trinajstić information content (AvgIpc) is 3.17. The first-order chi connectivity index (χ1) is 9.02. The van der Waals surface area contributed by atoms with E-state index in [4.69, 9.17) is 4.74 Å². The van der Waals surface area contributed by atoms with Gasteiger partial charge in [-0.3, -0.25) is 0 Å². The highest BCUT2D eigenvalue weighted by atomic mass is 16.5. The van der Waals surface area contributed by atoms with Crippen LogP contribution in [0.25, 0.3) is 0 Å². The van der Waals surface area contributed by atoms with E-state index in [1.54, 1.807) is 0 Å². The minimum Gasteiger partial charge on any atom is -0.466 e. The minimum atomic E-state index is -0.192. The van der Waals surface area contributed by atoms with Crippen molar-refractivity contribution >= 4 is 5.97 Å². The molecule has 0 saturated heterocycles. The monoisotopic (exact) mass is 264 g/mol. The van der Waals surface area contributed by atoms with Gasteiger partial charge in [0.15, 0.2) is 0 Å². The Labute approximate surface area is 115 Å². The standard InChI is InChI=1S/C16H24O3/c1-9(15(18)19-3)10-4-5-16(2)13(6-10)12(8-17)11-7-14(11)16/h11-14,17H,4-8H2,1-3H3/b10-9+/t11-,12+,13+,14-,16-/m1/s1. The number of aliphatic hydroxyl groups excluding tert-OH is 1. The van der Waals surface area contributed by atoms with Crippen molar-refractivity contribution in [3.8, 4) is 0 Å². The summed E-state index contributed by atoms with van der Waals surface area (Å²) in [5.41, 5.74) is 2.45. The van der Waals surface area contributed by atoms with E-state index >= 15 is 0 Å². The Bertz CT molecular complexity index is 439. The van der Waals surface area contributed by atoms with Crippen molar-refractivity contribution in [2.45, 2.75) is 39.5 Å². The highest BCUT2D eigenvalue weighted by Crippen LogP contribution is 2.71. The van der Waals surface area contributed by atoms with Crippen LogP contribution in [-0.4, -0.2) is 24.8 Å². The van der Waals surface area contributed by atoms with Crippen LogP contribution in [0.2, 0.25) is 0 Å². The van der Waals surface area contributed by atoms with Crippen molar-refractivity contribution in [2.75, 3.05) is 13.7 Å². The molecule has 1 N–H and O–H groups in total. The molecule has 3 nitrogen and oxygen atoms in total. The highest BCUT2D eigenvalue weighted by Gasteiger charge is 2.65. The lowest BCUT2D eigenvalue weighted by atomic mass is 9.62. The van der Waals surface area contributed by atoms with E-state index in [0.717, 1.165) is 30.3 Å². The number of allylic oxidation sites excluding steroid dienone is 1. The van der Waals surface area contributed by atoms with Gasteiger partial charge in [-0.25, -0.2) is 4.79 Å². The van der Waals surface area contributed by atoms with Gasteiger partial charge in [-0.15, -0.1) is 0 Å². The molecule has 0 aliphatic heterocycles. The fourth-order valence-corrected chi connectivity index (χ4v) is 4.95. The molecule has 0 radical (unpaired) electrons. The van der Waals surface area contributed by atoms with Gasteiger partial charge in [-0.2, -0.15) is 0 Å². The number of methoxy groups -OCH3 is 1. The number of esters is 1. The van der Waals surface area contributed by atoms with Crippen molar-refractivity contribution in [1.82, 2.24) is 0 Å². The molecule has 0 heterocycles. The van der Waals surface area contributed by atoms with Crippen LogP contribution in [-0.2, 0) is 9.53 Å². The second-order valence-corrected chi connectivity index (χ2v) is 6.89. The van der Waals surface area contributed by atoms with Crippen LogP contribution in [0.1, 0.15) is 39.5 Å². The molecule has 0 aromatic rings. The lowest BCUT2D eigenvalue weighted by Gasteiger charge is -2.42. The third-order valence-electron chi connectivity index (χ3n) is 6.27. The quantitative estimate of drug-likeness (QED) is 0.616. The summed E-state index contributed by atoms with van der Waals surface area (Å²) in [4.78, 5) is 11.7. The molecule has 3 aliphatic carbocycles. The lowest BCUT2D eigenvalue weighted by molar-refractivity contribution is -0.136. The van der Waals surface area contributed by atoms with Crippen LogP contribution >= 0.6 is 0 Å². The Kier molecular flexibility index (Phi) is 3.01. The molecule has 0 spiro atoms. The van der Waals surface area contributed by atoms with Crippen molar-refractivity contribution in [3.63, 3.8) is 0 Å². The van der Waals surface area contributed by atoms with Crippen molar-refractivity contribution in [2.24, 2.45) is 29.1 Å². The predicted octanol–water partition coefficient (Wildman–Crippen LogP) is 2.54. The van der Waals surface area contributed by atoms with E-state index < -0.39 is 0 Å². The SMILES string of the molecule is COC(=O)/C(C)=C1\CC[C@@]2(C)[C@@H]3C[C@@H]3[C@H](CO)[C@@H]2C1. The molecule has 3 saturated carbocycles. The van der Waals surface area contributed by atoms with Gasteiger partial charge in [0.2, 0.25) is 0 Å². The molecule has 0 bridgehead atoms. The molecule has 3 heteroatoms. The largest absolute Gasteiger partial charge is 0.466 e. The molecule has 0 aromatic carbocycles. The van der Waals surface area contributed by atoms with Crippen LogP contribution in [0, 0.1) is 29.1 Å². The maximum Gasteiger partial charge on any atom is 0.333 e. The fourth-order valence-electron chi connectivity index (χ4n) is 4.95. The van der Waals surface area contributed by atoms with Gasteiger partial charge in [0, 0.05) is 12.2 Å². The summed E-state index contributed by atoms with van der Waals surface area (Å²) in [6.07, 6.45) is 4.48. The van der Waals surface area contributed by atoms with Crippen LogP contribution in [0.5, 0.6) is 0 Å². The molecule has 0 aromatic heterocycles. The van der Waals surface area contributed by atoms with Gasteiger partial charge in [0.25, 0.3) is 0 Å². The predicted molar refractivity (Wildman–Crippen MR) is 72.3 cm³/mol. The Morgan fingerprint density at radius 1 is 1.47 bits per heavy atom. The zero-order valence-electron chi connectivity index (χ0n) is 12.1. The average molecular weight is 264 g/mol. The number of aliphatic hydroxyl groups is 1. The molecule has 3 aliphatic rings. The number of rotatable bonds is 2. The normalized spacial score (nSPS) is 46.3. The van der Waals surface area contributed by atoms with E-state index in [1.807, 2.05) is 6.92 Å². The molecular weight excluding hydrogens is 240 g/mol. The number of carbonyl (C=O) groups is 1. The smallest absolute Gasteiger partial charge is 0.333 e. The molecule has 3 rings (SSSR count). The molecule has 0 amide bonds. The van der Waals surface area contributed by atoms with E-state index in [1.165, 1.54) is 25.5 Å². The third kappa shape index (κ3) is 1.78. The molecule has 5 atom stereocenters. The summed E-state index contributed by atoms with van der Waals surface area (Å²) in [6.45, 7) is 4.60. The van der Waals surface area contributed by atoms with Crippen LogP contribution in [0.4, 0.5) is 0 Å². The van der Waals surface area contributed by atoms with Gasteiger partial charge in [0.1, 0.15) is 0 Å². The first-order valence-corrected chi connectivity index (χ1v) is 7.40. The number of carbonyl (C=O) groups excluding carboxylic acids is 1. The van der Waals surface area contributed by atoms with Crippen LogP contribution in [0.3, 0.4) is 0 Å². The zero-order chi connectivity index (χ0) is 13.8. The number of ether oxygens (including phenoxy) is 1. The summed E-state index contributed by atoms with van der Waals surface area (Å²) in [5.74, 6) is 2.40. The first-order valence-electron chi connectivity index (χ1n) is 7.40. The third-order valence-corrected chi connectivity index (χ3v) is 6.27. The highest BCUT2D eigenvalue weighted by molar-refractivity contribution is 5.88. The van der Waals surface area contributed by atoms with E-state index in [2.05, 4.69) is 6.92 Å². The van der Waals surface area contributed by atoms with Crippen molar-refractivity contribution < 1.29 is 14.6 Å². The Balaban J connectivity index is 1.85. The van der Waals surface area contributed by atoms with Crippen LogP contribution in [0.15, 0.2) is 11.1 Å². The summed E-state index contributed by atoms with van der Waals surface area (Å²) >= 11 is 0. The Morgan fingerprint density at radius 2 is 2.21 bits per heavy atom. The maximum atomic E-state index is 11.7. The second kappa shape index (κ2) is 4.34. The maximum absolute atomic E-state index is 11.7. The van der Waals surface area contributed by atoms with Crippen molar-refractivity contribution in [3.05, 3.63) is 11.1 Å². The zero-order valence-corrected chi connectivity index (χ0v) is 12.1. The summed E-state index contributed by atoms with van der Waals surface area (Å²) < 4.78 is 4.84. The van der Waals surface area contributed by atoms with E-state index in [-0.39, 0.29) is 5.97 Å². The second-order valence-electron chi connectivity index (χ2n) is 6.89. The van der Waals surface area contributed by atoms with Gasteiger partial charge >= 0.3 is 5.97 Å². The lowest BCUT2D eigenvalue weighted by Crippen LogP contribution is -2.35. The number of fused-ring (bicyclic) bond motifs is 3. The van der Waals surface area contributed by atoms with E-state index in [9.17, 15) is 9.90 Å². The van der Waals surface area contributed by atoms with Gasteiger partial charge < -0.3 is 9.84 Å². The summed E-state index contributed by atoms with van der Waals surface area (Å²) in [5, 5.41) is 9.69. The first kappa shape index (κ1) is 13.2. The Morgan fingerprint density at radius 3 is 2.84 bits per heavy atom. The minimum absolute atomic E-state index is 0.192. The van der Waals surface area contributed by atoms with E-state index in [0.29, 0.717) is 23.9 Å². The molecular formula is C16H24O3. The topological polar surface area (TPSA) is 46.5 Å². The molecule has 0 unspecified atom stereocenters. The molecule has 3 fully saturated rings. The number of hydrogen-bond acceptors (Lipinski definition) is 3. The molecule has 19 heavy (non-hydrogen) atoms. The molecule has 106 valence electrons. The number of hydrogen-bond donors (Lipinski definition) is 1. The Hall–Kier alpha value is -0.830. The van der Waals surface area contributed by atoms with Crippen molar-refractivity contribution in [1.29, 1.82) is 0 Å². The van der Waals surface area contributed by atoms with Gasteiger partial charge in [-0.05, 0) is 61.7 Å².